The molecule has 0 saturated carbocycles. The van der Waals surface area contributed by atoms with Gasteiger partial charge in [0.1, 0.15) is 5.75 Å². The van der Waals surface area contributed by atoms with Crippen molar-refractivity contribution in [3.63, 3.8) is 0 Å². The van der Waals surface area contributed by atoms with E-state index >= 15 is 0 Å². The Balaban J connectivity index is 1.91. The van der Waals surface area contributed by atoms with Crippen molar-refractivity contribution in [3.05, 3.63) is 59.8 Å². The Morgan fingerprint density at radius 1 is 1.17 bits per heavy atom. The van der Waals surface area contributed by atoms with Gasteiger partial charge in [0.2, 0.25) is 0 Å². The van der Waals surface area contributed by atoms with Crippen LogP contribution in [0.1, 0.15) is 5.69 Å². The minimum atomic E-state index is 0.278. The van der Waals surface area contributed by atoms with Crippen molar-refractivity contribution in [2.24, 2.45) is 0 Å². The van der Waals surface area contributed by atoms with Gasteiger partial charge in [-0.05, 0) is 37.3 Å². The molecule has 4 heterocycles. The quantitative estimate of drug-likeness (QED) is 0.568. The summed E-state index contributed by atoms with van der Waals surface area (Å²) in [5.74, 6) is 1.03. The Kier molecular flexibility index (Phi) is 3.59. The molecule has 0 aromatic carbocycles. The van der Waals surface area contributed by atoms with Crippen molar-refractivity contribution in [2.75, 3.05) is 0 Å². The van der Waals surface area contributed by atoms with Crippen LogP contribution in [-0.4, -0.2) is 25.1 Å². The smallest absolute Gasteiger partial charge is 0.181 e. The minimum Gasteiger partial charge on any atom is -0.452 e. The molecule has 0 aliphatic carbocycles. The minimum absolute atomic E-state index is 0.278. The summed E-state index contributed by atoms with van der Waals surface area (Å²) in [6.45, 7) is 1.88. The van der Waals surface area contributed by atoms with Gasteiger partial charge in [-0.2, -0.15) is 5.10 Å². The number of fused-ring (bicyclic) bond motifs is 1. The Morgan fingerprint density at radius 2 is 2.04 bits per heavy atom. The van der Waals surface area contributed by atoms with E-state index in [1.165, 1.54) is 0 Å². The summed E-state index contributed by atoms with van der Waals surface area (Å²) in [4.78, 5) is 12.6. The maximum absolute atomic E-state index is 6.35. The van der Waals surface area contributed by atoms with Gasteiger partial charge in [-0.25, -0.2) is 9.97 Å². The zero-order valence-corrected chi connectivity index (χ0v) is 13.4. The van der Waals surface area contributed by atoms with Crippen LogP contribution < -0.4 is 4.74 Å². The van der Waals surface area contributed by atoms with E-state index in [-0.39, 0.29) is 5.15 Å². The highest BCUT2D eigenvalue weighted by atomic mass is 35.5. The van der Waals surface area contributed by atoms with Gasteiger partial charge in [-0.1, -0.05) is 11.6 Å². The van der Waals surface area contributed by atoms with Crippen LogP contribution in [0.5, 0.6) is 11.5 Å². The largest absolute Gasteiger partial charge is 0.452 e. The van der Waals surface area contributed by atoms with Crippen LogP contribution >= 0.6 is 11.6 Å². The number of pyridine rings is 3. The highest BCUT2D eigenvalue weighted by Crippen LogP contribution is 2.39. The van der Waals surface area contributed by atoms with E-state index < -0.39 is 0 Å². The van der Waals surface area contributed by atoms with Gasteiger partial charge in [0.05, 0.1) is 11.9 Å². The molecule has 4 rings (SSSR count). The zero-order chi connectivity index (χ0) is 16.5. The van der Waals surface area contributed by atoms with Gasteiger partial charge < -0.3 is 4.74 Å². The average molecular weight is 338 g/mol. The van der Waals surface area contributed by atoms with Crippen molar-refractivity contribution in [3.8, 4) is 22.8 Å². The second-order valence-corrected chi connectivity index (χ2v) is 5.55. The molecule has 0 aliphatic heterocycles. The van der Waals surface area contributed by atoms with Crippen LogP contribution in [0.2, 0.25) is 5.15 Å². The molecule has 0 unspecified atom stereocenters. The summed E-state index contributed by atoms with van der Waals surface area (Å²) in [5, 5.41) is 8.41. The van der Waals surface area contributed by atoms with Gasteiger partial charge in [0, 0.05) is 29.0 Å². The summed E-state index contributed by atoms with van der Waals surface area (Å²) < 4.78 is 5.94. The number of hydrogen-bond donors (Lipinski definition) is 1. The summed E-state index contributed by atoms with van der Waals surface area (Å²) in [7, 11) is 0. The molecule has 0 spiro atoms. The van der Waals surface area contributed by atoms with Crippen molar-refractivity contribution in [1.82, 2.24) is 25.1 Å². The molecule has 0 amide bonds. The molecular formula is C17H12ClN5O. The van der Waals surface area contributed by atoms with Crippen LogP contribution in [0.3, 0.4) is 0 Å². The molecule has 1 N–H and O–H groups in total. The number of halogens is 1. The summed E-state index contributed by atoms with van der Waals surface area (Å²) in [5.41, 5.74) is 2.96. The van der Waals surface area contributed by atoms with Crippen LogP contribution in [0.15, 0.2) is 48.9 Å². The van der Waals surface area contributed by atoms with Crippen molar-refractivity contribution >= 4 is 22.6 Å². The molecule has 6 nitrogen and oxygen atoms in total. The molecule has 118 valence electrons. The Bertz CT molecular complexity index is 1020. The molecule has 24 heavy (non-hydrogen) atoms. The van der Waals surface area contributed by atoms with E-state index in [4.69, 9.17) is 16.3 Å². The summed E-state index contributed by atoms with van der Waals surface area (Å²) in [6.07, 6.45) is 4.99. The number of aromatic amines is 1. The van der Waals surface area contributed by atoms with Gasteiger partial charge in [0.15, 0.2) is 16.5 Å². The fourth-order valence-electron chi connectivity index (χ4n) is 2.49. The predicted octanol–water partition coefficient (Wildman–Crippen LogP) is 4.17. The number of hydrogen-bond acceptors (Lipinski definition) is 5. The van der Waals surface area contributed by atoms with E-state index in [1.54, 1.807) is 30.7 Å². The number of aryl methyl sites for hydroxylation is 1. The van der Waals surface area contributed by atoms with Crippen LogP contribution in [0.25, 0.3) is 22.3 Å². The molecule has 0 fully saturated rings. The monoisotopic (exact) mass is 337 g/mol. The number of nitrogens with zero attached hydrogens (tertiary/aromatic N) is 4. The van der Waals surface area contributed by atoms with Crippen molar-refractivity contribution in [1.29, 1.82) is 0 Å². The van der Waals surface area contributed by atoms with E-state index in [0.29, 0.717) is 17.1 Å². The van der Waals surface area contributed by atoms with Crippen molar-refractivity contribution in [2.45, 2.75) is 6.92 Å². The number of nitrogens with one attached hydrogen (secondary N) is 1. The maximum Gasteiger partial charge on any atom is 0.181 e. The topological polar surface area (TPSA) is 76.6 Å². The van der Waals surface area contributed by atoms with Crippen LogP contribution in [-0.2, 0) is 0 Å². The van der Waals surface area contributed by atoms with E-state index in [2.05, 4.69) is 25.1 Å². The third kappa shape index (κ3) is 2.57. The van der Waals surface area contributed by atoms with E-state index in [0.717, 1.165) is 22.3 Å². The average Bonchev–Trinajstić information content (AvgIpc) is 3.02. The Morgan fingerprint density at radius 3 is 2.88 bits per heavy atom. The third-order valence-corrected chi connectivity index (χ3v) is 3.77. The number of aromatic nitrogens is 5. The highest BCUT2D eigenvalue weighted by molar-refractivity contribution is 6.31. The molecule has 7 heteroatoms. The molecule has 4 aromatic rings. The van der Waals surface area contributed by atoms with Crippen LogP contribution in [0.4, 0.5) is 0 Å². The molecule has 0 aliphatic rings. The molecular weight excluding hydrogens is 326 g/mol. The second kappa shape index (κ2) is 5.90. The third-order valence-electron chi connectivity index (χ3n) is 3.51. The lowest BCUT2D eigenvalue weighted by Crippen LogP contribution is -1.95. The van der Waals surface area contributed by atoms with Crippen molar-refractivity contribution < 1.29 is 4.74 Å². The standard InChI is InChI=1S/C17H12ClN5O/c1-10-8-13(14-12-5-3-7-20-17(12)23-22-14)15(16(18)21-10)24-11-4-2-6-19-9-11/h2-9H,1H3,(H,20,22,23). The second-order valence-electron chi connectivity index (χ2n) is 5.20. The highest BCUT2D eigenvalue weighted by Gasteiger charge is 2.18. The first kappa shape index (κ1) is 14.6. The van der Waals surface area contributed by atoms with Gasteiger partial charge in [0.25, 0.3) is 0 Å². The van der Waals surface area contributed by atoms with E-state index in [9.17, 15) is 0 Å². The lowest BCUT2D eigenvalue weighted by Gasteiger charge is -2.12. The first-order valence-electron chi connectivity index (χ1n) is 7.27. The maximum atomic E-state index is 6.35. The summed E-state index contributed by atoms with van der Waals surface area (Å²) >= 11 is 6.35. The SMILES string of the molecule is Cc1cc(-c2[nH]nc3ncccc23)c(Oc2cccnc2)c(Cl)n1. The normalized spacial score (nSPS) is 10.9. The molecule has 0 bridgehead atoms. The lowest BCUT2D eigenvalue weighted by atomic mass is 10.1. The fourth-order valence-corrected chi connectivity index (χ4v) is 2.76. The van der Waals surface area contributed by atoms with E-state index in [1.807, 2.05) is 25.1 Å². The summed E-state index contributed by atoms with van der Waals surface area (Å²) in [6, 6.07) is 9.30. The first-order chi connectivity index (χ1) is 11.7. The van der Waals surface area contributed by atoms with Gasteiger partial charge in [-0.15, -0.1) is 0 Å². The molecule has 0 atom stereocenters. The lowest BCUT2D eigenvalue weighted by molar-refractivity contribution is 0.479. The number of rotatable bonds is 3. The predicted molar refractivity (Wildman–Crippen MR) is 91.2 cm³/mol. The Hall–Kier alpha value is -2.99. The Labute approximate surface area is 142 Å². The fraction of sp³-hybridized carbons (Fsp3) is 0.0588. The number of ether oxygens (including phenoxy) is 1. The van der Waals surface area contributed by atoms with Gasteiger partial charge in [-0.3, -0.25) is 10.1 Å². The molecule has 0 radical (unpaired) electrons. The molecule has 4 aromatic heterocycles. The van der Waals surface area contributed by atoms with Crippen LogP contribution in [0, 0.1) is 6.92 Å². The first-order valence-corrected chi connectivity index (χ1v) is 7.64. The van der Waals surface area contributed by atoms with Gasteiger partial charge >= 0.3 is 0 Å². The number of H-pyrrole nitrogens is 1. The zero-order valence-electron chi connectivity index (χ0n) is 12.7. The molecule has 0 saturated heterocycles.